The Morgan fingerprint density at radius 2 is 2.03 bits per heavy atom. The number of nitrogens with zero attached hydrogens (tertiary/aromatic N) is 5. The molecule has 4 rings (SSSR count). The third-order valence-electron chi connectivity index (χ3n) is 6.67. The van der Waals surface area contributed by atoms with Crippen molar-refractivity contribution in [2.24, 2.45) is 11.5 Å². The molecule has 2 aromatic heterocycles. The molecule has 3 atom stereocenters. The summed E-state index contributed by atoms with van der Waals surface area (Å²) in [5.41, 5.74) is 16.4. The fourth-order valence-electron chi connectivity index (χ4n) is 4.85. The van der Waals surface area contributed by atoms with Gasteiger partial charge in [-0.15, -0.1) is 0 Å². The summed E-state index contributed by atoms with van der Waals surface area (Å²) in [6.07, 6.45) is 4.86. The van der Waals surface area contributed by atoms with E-state index in [1.165, 1.54) is 6.33 Å². The number of fused-ring (bicyclic) bond motifs is 1. The number of nitrogens with two attached hydrogens (primary N) is 3. The second kappa shape index (κ2) is 8.26. The number of hydrogen-bond acceptors (Lipinski definition) is 9. The van der Waals surface area contributed by atoms with Crippen molar-refractivity contribution in [3.05, 3.63) is 12.7 Å². The van der Waals surface area contributed by atoms with E-state index < -0.39 is 29.2 Å². The molecule has 0 saturated carbocycles. The molecular formula is C20H30N8O4. The fraction of sp³-hybridized carbons (Fsp3) is 0.650. The van der Waals surface area contributed by atoms with Crippen LogP contribution in [0.4, 0.5) is 5.82 Å². The Morgan fingerprint density at radius 1 is 1.31 bits per heavy atom. The second-order valence-corrected chi connectivity index (χ2v) is 9.06. The molecule has 0 aliphatic carbocycles. The van der Waals surface area contributed by atoms with E-state index in [1.807, 2.05) is 0 Å². The second-order valence-electron chi connectivity index (χ2n) is 9.06. The van der Waals surface area contributed by atoms with E-state index in [2.05, 4.69) is 15.0 Å². The van der Waals surface area contributed by atoms with Gasteiger partial charge in [0.2, 0.25) is 11.8 Å². The first-order valence-electron chi connectivity index (χ1n) is 10.7. The average Bonchev–Trinajstić information content (AvgIpc) is 3.16. The van der Waals surface area contributed by atoms with Crippen molar-refractivity contribution in [1.82, 2.24) is 24.4 Å². The van der Waals surface area contributed by atoms with Gasteiger partial charge >= 0.3 is 0 Å². The molecule has 2 aliphatic rings. The smallest absolute Gasteiger partial charge is 0.239 e. The minimum absolute atomic E-state index is 0.0809. The predicted molar refractivity (Wildman–Crippen MR) is 115 cm³/mol. The summed E-state index contributed by atoms with van der Waals surface area (Å²) in [6.45, 7) is 3.01. The predicted octanol–water partition coefficient (Wildman–Crippen LogP) is -0.925. The minimum Gasteiger partial charge on any atom is -0.388 e. The van der Waals surface area contributed by atoms with Gasteiger partial charge in [0, 0.05) is 25.9 Å². The molecule has 2 saturated heterocycles. The molecule has 174 valence electrons. The van der Waals surface area contributed by atoms with Crippen LogP contribution in [0.5, 0.6) is 0 Å². The lowest BCUT2D eigenvalue weighted by Gasteiger charge is -2.51. The Kier molecular flexibility index (Phi) is 5.77. The van der Waals surface area contributed by atoms with Gasteiger partial charge < -0.3 is 36.5 Å². The van der Waals surface area contributed by atoms with Crippen molar-refractivity contribution in [1.29, 1.82) is 0 Å². The van der Waals surface area contributed by atoms with E-state index in [4.69, 9.17) is 21.9 Å². The Hall–Kier alpha value is -2.83. The summed E-state index contributed by atoms with van der Waals surface area (Å²) in [4.78, 5) is 37.8. The maximum atomic E-state index is 12.6. The highest BCUT2D eigenvalue weighted by atomic mass is 16.5. The van der Waals surface area contributed by atoms with Crippen LogP contribution in [0.15, 0.2) is 12.7 Å². The number of carbonyl (C=O) groups is 2. The number of ether oxygens (including phenoxy) is 1. The molecule has 2 fully saturated rings. The van der Waals surface area contributed by atoms with Crippen LogP contribution in [0.2, 0.25) is 0 Å². The molecule has 2 aromatic rings. The van der Waals surface area contributed by atoms with Gasteiger partial charge in [-0.3, -0.25) is 9.59 Å². The summed E-state index contributed by atoms with van der Waals surface area (Å²) in [7, 11) is 0. The summed E-state index contributed by atoms with van der Waals surface area (Å²) in [5, 5.41) is 11.4. The number of likely N-dealkylation sites (tertiary alicyclic amines) is 1. The minimum atomic E-state index is -1.09. The molecule has 2 amide bonds. The Morgan fingerprint density at radius 3 is 2.69 bits per heavy atom. The third kappa shape index (κ3) is 4.12. The van der Waals surface area contributed by atoms with E-state index in [-0.39, 0.29) is 31.2 Å². The van der Waals surface area contributed by atoms with E-state index in [0.29, 0.717) is 43.5 Å². The highest BCUT2D eigenvalue weighted by molar-refractivity contribution is 5.83. The van der Waals surface area contributed by atoms with E-state index in [1.54, 1.807) is 22.7 Å². The topological polar surface area (TPSA) is 188 Å². The molecule has 0 aromatic carbocycles. The largest absolute Gasteiger partial charge is 0.388 e. The number of hydrogen-bond donors (Lipinski definition) is 4. The van der Waals surface area contributed by atoms with Crippen LogP contribution >= 0.6 is 0 Å². The first kappa shape index (κ1) is 22.4. The summed E-state index contributed by atoms with van der Waals surface area (Å²) in [5.74, 6) is -0.380. The average molecular weight is 447 g/mol. The van der Waals surface area contributed by atoms with Gasteiger partial charge in [-0.25, -0.2) is 15.0 Å². The van der Waals surface area contributed by atoms with Gasteiger partial charge in [0.05, 0.1) is 36.2 Å². The Balaban J connectivity index is 1.42. The number of primary amides is 1. The fourth-order valence-corrected chi connectivity index (χ4v) is 4.85. The van der Waals surface area contributed by atoms with Gasteiger partial charge in [-0.2, -0.15) is 0 Å². The van der Waals surface area contributed by atoms with E-state index >= 15 is 0 Å². The summed E-state index contributed by atoms with van der Waals surface area (Å²) < 4.78 is 8.10. The van der Waals surface area contributed by atoms with Crippen molar-refractivity contribution >= 4 is 28.8 Å². The number of amides is 2. The molecular weight excluding hydrogens is 416 g/mol. The van der Waals surface area contributed by atoms with Crippen LogP contribution < -0.4 is 17.2 Å². The third-order valence-corrected chi connectivity index (χ3v) is 6.67. The van der Waals surface area contributed by atoms with Gasteiger partial charge in [0.25, 0.3) is 0 Å². The van der Waals surface area contributed by atoms with Crippen molar-refractivity contribution in [2.45, 2.75) is 62.3 Å². The zero-order chi connectivity index (χ0) is 23.1. The molecule has 0 radical (unpaired) electrons. The molecule has 32 heavy (non-hydrogen) atoms. The zero-order valence-electron chi connectivity index (χ0n) is 18.1. The van der Waals surface area contributed by atoms with Crippen LogP contribution in [-0.4, -0.2) is 78.3 Å². The Labute approximate surface area is 185 Å². The number of aliphatic hydroxyl groups is 1. The van der Waals surface area contributed by atoms with Gasteiger partial charge in [-0.05, 0) is 26.2 Å². The van der Waals surface area contributed by atoms with Crippen LogP contribution in [0.1, 0.15) is 45.1 Å². The maximum absolute atomic E-state index is 12.6. The standard InChI is InChI=1S/C20H30N8O4/c1-19(31)9-20(4-6-27(7-5-20)18(30)12(21)2-3-14(22)29)32-8-13(19)28-11-26-15-16(23)24-10-25-17(15)28/h10-13,31H,2-9,21H2,1H3,(H2,22,29)(H2,23,24,25)/t12-,13+,19+/m0/s1. The Bertz CT molecular complexity index is 1010. The molecule has 12 nitrogen and oxygen atoms in total. The van der Waals surface area contributed by atoms with Crippen molar-refractivity contribution < 1.29 is 19.4 Å². The van der Waals surface area contributed by atoms with Crippen LogP contribution in [0, 0.1) is 0 Å². The molecule has 0 unspecified atom stereocenters. The molecule has 7 N–H and O–H groups in total. The van der Waals surface area contributed by atoms with Gasteiger partial charge in [0.1, 0.15) is 11.8 Å². The first-order valence-corrected chi connectivity index (χ1v) is 10.7. The summed E-state index contributed by atoms with van der Waals surface area (Å²) >= 11 is 0. The number of nitrogen functional groups attached to an aromatic ring is 1. The van der Waals surface area contributed by atoms with Crippen molar-refractivity contribution in [3.8, 4) is 0 Å². The maximum Gasteiger partial charge on any atom is 0.239 e. The van der Waals surface area contributed by atoms with E-state index in [9.17, 15) is 14.7 Å². The van der Waals surface area contributed by atoms with Gasteiger partial charge in [-0.1, -0.05) is 0 Å². The quantitative estimate of drug-likeness (QED) is 0.450. The highest BCUT2D eigenvalue weighted by Gasteiger charge is 2.50. The zero-order valence-corrected chi connectivity index (χ0v) is 18.1. The van der Waals surface area contributed by atoms with Gasteiger partial charge in [0.15, 0.2) is 11.5 Å². The normalized spacial score (nSPS) is 26.3. The van der Waals surface area contributed by atoms with Crippen LogP contribution in [0.25, 0.3) is 11.2 Å². The number of anilines is 1. The molecule has 0 bridgehead atoms. The van der Waals surface area contributed by atoms with Crippen LogP contribution in [0.3, 0.4) is 0 Å². The van der Waals surface area contributed by atoms with Crippen molar-refractivity contribution in [3.63, 3.8) is 0 Å². The SMILES string of the molecule is C[C@@]1(O)CC2(CCN(C(=O)[C@@H](N)CCC(N)=O)CC2)OC[C@H]1n1cnc2c(N)ncnc21. The first-order chi connectivity index (χ1) is 15.1. The lowest BCUT2D eigenvalue weighted by Crippen LogP contribution is -2.59. The summed E-state index contributed by atoms with van der Waals surface area (Å²) in [6, 6.07) is -1.14. The monoisotopic (exact) mass is 446 g/mol. The van der Waals surface area contributed by atoms with Crippen molar-refractivity contribution in [2.75, 3.05) is 25.4 Å². The number of imidazole rings is 1. The lowest BCUT2D eigenvalue weighted by atomic mass is 9.75. The molecule has 12 heteroatoms. The number of aromatic nitrogens is 4. The molecule has 2 aliphatic heterocycles. The highest BCUT2D eigenvalue weighted by Crippen LogP contribution is 2.44. The molecule has 1 spiro atoms. The number of carbonyl (C=O) groups excluding carboxylic acids is 2. The van der Waals surface area contributed by atoms with Crippen LogP contribution in [-0.2, 0) is 14.3 Å². The lowest BCUT2D eigenvalue weighted by molar-refractivity contribution is -0.197. The molecule has 4 heterocycles. The van der Waals surface area contributed by atoms with E-state index in [0.717, 1.165) is 0 Å². The number of piperidine rings is 1. The number of rotatable bonds is 5.